The van der Waals surface area contributed by atoms with E-state index in [0.29, 0.717) is 18.0 Å². The molecule has 0 saturated carbocycles. The van der Waals surface area contributed by atoms with Crippen LogP contribution in [0.5, 0.6) is 0 Å². The zero-order chi connectivity index (χ0) is 11.5. The first kappa shape index (κ1) is 11.5. The molecule has 2 heterocycles. The lowest BCUT2D eigenvalue weighted by molar-refractivity contribution is -0.0666. The van der Waals surface area contributed by atoms with Crippen molar-refractivity contribution in [2.75, 3.05) is 19.8 Å². The first-order valence-corrected chi connectivity index (χ1v) is 6.02. The molecule has 1 saturated heterocycles. The molecule has 0 radical (unpaired) electrons. The number of thiazole rings is 1. The number of hydrogen-bond donors (Lipinski definition) is 1. The highest BCUT2D eigenvalue weighted by Crippen LogP contribution is 2.17. The molecule has 1 amide bonds. The smallest absolute Gasteiger partial charge is 0.265 e. The summed E-state index contributed by atoms with van der Waals surface area (Å²) in [5, 5.41) is 9.03. The second-order valence-corrected chi connectivity index (χ2v) is 4.70. The van der Waals surface area contributed by atoms with Crippen LogP contribution in [0.15, 0.2) is 11.7 Å². The molecule has 2 unspecified atom stereocenters. The van der Waals surface area contributed by atoms with Gasteiger partial charge < -0.3 is 14.7 Å². The van der Waals surface area contributed by atoms with E-state index in [1.165, 1.54) is 11.3 Å². The van der Waals surface area contributed by atoms with E-state index in [2.05, 4.69) is 4.98 Å². The Morgan fingerprint density at radius 2 is 2.62 bits per heavy atom. The molecule has 0 aliphatic carbocycles. The molecular formula is C10H14N2O3S. The molecule has 1 aliphatic rings. The van der Waals surface area contributed by atoms with Crippen molar-refractivity contribution in [3.8, 4) is 0 Å². The summed E-state index contributed by atoms with van der Waals surface area (Å²) in [6.45, 7) is 2.79. The van der Waals surface area contributed by atoms with Gasteiger partial charge in [0, 0.05) is 6.54 Å². The van der Waals surface area contributed by atoms with Gasteiger partial charge in [-0.3, -0.25) is 9.78 Å². The molecule has 0 bridgehead atoms. The van der Waals surface area contributed by atoms with Crippen LogP contribution in [0.1, 0.15) is 16.6 Å². The predicted molar refractivity (Wildman–Crippen MR) is 59.4 cm³/mol. The van der Waals surface area contributed by atoms with Crippen LogP contribution in [-0.2, 0) is 4.74 Å². The highest BCUT2D eigenvalue weighted by Gasteiger charge is 2.30. The normalized spacial score (nSPS) is 25.8. The number of aromatic nitrogens is 1. The Bertz CT molecular complexity index is 355. The molecule has 88 valence electrons. The largest absolute Gasteiger partial charge is 0.394 e. The fourth-order valence-corrected chi connectivity index (χ4v) is 2.25. The molecule has 5 nitrogen and oxygen atoms in total. The van der Waals surface area contributed by atoms with Gasteiger partial charge in [0.2, 0.25) is 0 Å². The van der Waals surface area contributed by atoms with Crippen molar-refractivity contribution in [1.29, 1.82) is 0 Å². The first-order chi connectivity index (χ1) is 7.72. The van der Waals surface area contributed by atoms with Crippen LogP contribution in [0, 0.1) is 0 Å². The third-order valence-corrected chi connectivity index (χ3v) is 3.37. The van der Waals surface area contributed by atoms with E-state index in [0.717, 1.165) is 0 Å². The van der Waals surface area contributed by atoms with Crippen LogP contribution in [0.3, 0.4) is 0 Å². The molecule has 6 heteroatoms. The van der Waals surface area contributed by atoms with Crippen molar-refractivity contribution < 1.29 is 14.6 Å². The average Bonchev–Trinajstić information content (AvgIpc) is 2.82. The number of nitrogens with zero attached hydrogens (tertiary/aromatic N) is 2. The lowest BCUT2D eigenvalue weighted by Crippen LogP contribution is -2.51. The van der Waals surface area contributed by atoms with E-state index in [-0.39, 0.29) is 24.7 Å². The second kappa shape index (κ2) is 4.90. The van der Waals surface area contributed by atoms with Crippen molar-refractivity contribution >= 4 is 17.2 Å². The topological polar surface area (TPSA) is 62.7 Å². The van der Waals surface area contributed by atoms with Gasteiger partial charge >= 0.3 is 0 Å². The van der Waals surface area contributed by atoms with Gasteiger partial charge in [-0.05, 0) is 6.92 Å². The maximum atomic E-state index is 12.1. The van der Waals surface area contributed by atoms with E-state index < -0.39 is 0 Å². The van der Waals surface area contributed by atoms with Crippen LogP contribution >= 0.6 is 11.3 Å². The van der Waals surface area contributed by atoms with Gasteiger partial charge in [-0.25, -0.2) is 0 Å². The summed E-state index contributed by atoms with van der Waals surface area (Å²) >= 11 is 1.33. The van der Waals surface area contributed by atoms with Crippen molar-refractivity contribution in [3.63, 3.8) is 0 Å². The minimum Gasteiger partial charge on any atom is -0.394 e. The zero-order valence-corrected chi connectivity index (χ0v) is 9.81. The number of morpholine rings is 1. The Labute approximate surface area is 97.7 Å². The molecule has 1 aromatic rings. The molecular weight excluding hydrogens is 228 g/mol. The highest BCUT2D eigenvalue weighted by molar-refractivity contribution is 7.11. The van der Waals surface area contributed by atoms with Gasteiger partial charge in [-0.2, -0.15) is 0 Å². The number of carbonyl (C=O) groups excluding carboxylic acids is 1. The molecule has 1 aromatic heterocycles. The lowest BCUT2D eigenvalue weighted by Gasteiger charge is -2.37. The number of rotatable bonds is 2. The molecule has 1 fully saturated rings. The third kappa shape index (κ3) is 2.23. The number of amides is 1. The van der Waals surface area contributed by atoms with E-state index in [9.17, 15) is 4.79 Å². The van der Waals surface area contributed by atoms with Crippen LogP contribution in [-0.4, -0.2) is 52.8 Å². The summed E-state index contributed by atoms with van der Waals surface area (Å²) in [6.07, 6.45) is 1.30. The zero-order valence-electron chi connectivity index (χ0n) is 9.00. The summed E-state index contributed by atoms with van der Waals surface area (Å²) < 4.78 is 5.38. The van der Waals surface area contributed by atoms with Gasteiger partial charge in [0.1, 0.15) is 4.88 Å². The van der Waals surface area contributed by atoms with Gasteiger partial charge in [0.05, 0.1) is 37.1 Å². The number of aliphatic hydroxyl groups is 1. The predicted octanol–water partition coefficient (Wildman–Crippen LogP) is 0.365. The third-order valence-electron chi connectivity index (χ3n) is 2.61. The Balaban J connectivity index is 2.09. The molecule has 1 aliphatic heterocycles. The summed E-state index contributed by atoms with van der Waals surface area (Å²) in [7, 11) is 0. The summed E-state index contributed by atoms with van der Waals surface area (Å²) in [5.41, 5.74) is 1.64. The van der Waals surface area contributed by atoms with E-state index in [1.807, 2.05) is 6.92 Å². The first-order valence-electron chi connectivity index (χ1n) is 5.14. The Morgan fingerprint density at radius 3 is 3.25 bits per heavy atom. The summed E-state index contributed by atoms with van der Waals surface area (Å²) in [5.74, 6) is -0.0308. The Kier molecular flexibility index (Phi) is 3.52. The van der Waals surface area contributed by atoms with E-state index in [1.54, 1.807) is 16.6 Å². The van der Waals surface area contributed by atoms with Crippen LogP contribution in [0.2, 0.25) is 0 Å². The molecule has 2 atom stereocenters. The molecule has 0 aromatic carbocycles. The Morgan fingerprint density at radius 1 is 1.81 bits per heavy atom. The summed E-state index contributed by atoms with van der Waals surface area (Å²) in [6, 6.07) is 0.0393. The second-order valence-electron chi connectivity index (χ2n) is 3.81. The van der Waals surface area contributed by atoms with Crippen molar-refractivity contribution in [1.82, 2.24) is 9.88 Å². The van der Waals surface area contributed by atoms with E-state index in [4.69, 9.17) is 9.84 Å². The fourth-order valence-electron chi connectivity index (χ4n) is 1.67. The minimum atomic E-state index is -0.270. The maximum absolute atomic E-state index is 12.1. The SMILES string of the molecule is CC1COC(CO)CN1C(=O)c1cncs1. The molecule has 0 spiro atoms. The maximum Gasteiger partial charge on any atom is 0.265 e. The van der Waals surface area contributed by atoms with Crippen molar-refractivity contribution in [3.05, 3.63) is 16.6 Å². The van der Waals surface area contributed by atoms with Crippen molar-refractivity contribution in [2.24, 2.45) is 0 Å². The number of hydrogen-bond acceptors (Lipinski definition) is 5. The highest BCUT2D eigenvalue weighted by atomic mass is 32.1. The van der Waals surface area contributed by atoms with Gasteiger partial charge in [-0.1, -0.05) is 0 Å². The number of ether oxygens (including phenoxy) is 1. The molecule has 1 N–H and O–H groups in total. The van der Waals surface area contributed by atoms with Gasteiger partial charge in [0.15, 0.2) is 0 Å². The van der Waals surface area contributed by atoms with Gasteiger partial charge in [-0.15, -0.1) is 11.3 Å². The number of aliphatic hydroxyl groups excluding tert-OH is 1. The van der Waals surface area contributed by atoms with Crippen LogP contribution in [0.4, 0.5) is 0 Å². The molecule has 16 heavy (non-hydrogen) atoms. The lowest BCUT2D eigenvalue weighted by atomic mass is 10.2. The summed E-state index contributed by atoms with van der Waals surface area (Å²) in [4.78, 5) is 18.3. The van der Waals surface area contributed by atoms with Crippen LogP contribution < -0.4 is 0 Å². The average molecular weight is 242 g/mol. The van der Waals surface area contributed by atoms with Gasteiger partial charge in [0.25, 0.3) is 5.91 Å². The Hall–Kier alpha value is -0.980. The minimum absolute atomic E-state index is 0.0308. The molecule has 2 rings (SSSR count). The van der Waals surface area contributed by atoms with E-state index >= 15 is 0 Å². The standard InChI is InChI=1S/C10H14N2O3S/c1-7-5-15-8(4-13)3-12(7)10(14)9-2-11-6-16-9/h2,6-8,13H,3-5H2,1H3. The number of carbonyl (C=O) groups is 1. The van der Waals surface area contributed by atoms with Crippen molar-refractivity contribution in [2.45, 2.75) is 19.1 Å². The monoisotopic (exact) mass is 242 g/mol. The van der Waals surface area contributed by atoms with Crippen LogP contribution in [0.25, 0.3) is 0 Å². The fraction of sp³-hybridized carbons (Fsp3) is 0.600. The quantitative estimate of drug-likeness (QED) is 0.813.